The molecule has 1 aromatic heterocycles. The Morgan fingerprint density at radius 3 is 2.29 bits per heavy atom. The first kappa shape index (κ1) is 21.9. The average Bonchev–Trinajstić information content (AvgIpc) is 2.89. The SMILES string of the molecule is CCOC(=O)c1c(C)c(C(=O)C(C)N(C)C(=O)c2ccc(Br)cc2)c(C)n1C. The van der Waals surface area contributed by atoms with E-state index in [4.69, 9.17) is 4.74 Å². The molecule has 0 saturated heterocycles. The molecule has 0 fully saturated rings. The van der Waals surface area contributed by atoms with Crippen LogP contribution in [-0.4, -0.2) is 46.8 Å². The van der Waals surface area contributed by atoms with Crippen molar-refractivity contribution in [2.45, 2.75) is 33.7 Å². The lowest BCUT2D eigenvalue weighted by atomic mass is 9.99. The number of aromatic nitrogens is 1. The second-order valence-electron chi connectivity index (χ2n) is 6.68. The van der Waals surface area contributed by atoms with E-state index >= 15 is 0 Å². The summed E-state index contributed by atoms with van der Waals surface area (Å²) >= 11 is 3.34. The van der Waals surface area contributed by atoms with Crippen molar-refractivity contribution in [1.29, 1.82) is 0 Å². The number of halogens is 1. The molecule has 1 aromatic carbocycles. The van der Waals surface area contributed by atoms with Crippen LogP contribution in [0.1, 0.15) is 56.3 Å². The van der Waals surface area contributed by atoms with Gasteiger partial charge in [-0.25, -0.2) is 4.79 Å². The van der Waals surface area contributed by atoms with Crippen LogP contribution in [0.2, 0.25) is 0 Å². The number of Topliss-reactive ketones (excluding diaryl/α,β-unsaturated/α-hetero) is 1. The monoisotopic (exact) mass is 448 g/mol. The maximum atomic E-state index is 13.2. The summed E-state index contributed by atoms with van der Waals surface area (Å²) in [5.41, 5.74) is 2.55. The summed E-state index contributed by atoms with van der Waals surface area (Å²) in [7, 11) is 3.33. The number of amides is 1. The molecule has 0 saturated carbocycles. The minimum Gasteiger partial charge on any atom is -0.461 e. The lowest BCUT2D eigenvalue weighted by Gasteiger charge is -2.24. The number of benzene rings is 1. The lowest BCUT2D eigenvalue weighted by molar-refractivity contribution is 0.0514. The summed E-state index contributed by atoms with van der Waals surface area (Å²) in [6, 6.07) is 6.29. The number of hydrogen-bond acceptors (Lipinski definition) is 4. The third kappa shape index (κ3) is 4.04. The molecular weight excluding hydrogens is 424 g/mol. The van der Waals surface area contributed by atoms with Crippen LogP contribution < -0.4 is 0 Å². The van der Waals surface area contributed by atoms with Gasteiger partial charge < -0.3 is 14.2 Å². The van der Waals surface area contributed by atoms with Gasteiger partial charge in [0.2, 0.25) is 0 Å². The topological polar surface area (TPSA) is 68.6 Å². The predicted octanol–water partition coefficient (Wildman–Crippen LogP) is 3.92. The molecule has 2 rings (SSSR count). The molecule has 0 radical (unpaired) electrons. The van der Waals surface area contributed by atoms with Crippen LogP contribution in [0.3, 0.4) is 0 Å². The first-order valence-corrected chi connectivity index (χ1v) is 9.81. The highest BCUT2D eigenvalue weighted by atomic mass is 79.9. The van der Waals surface area contributed by atoms with Gasteiger partial charge in [-0.05, 0) is 57.5 Å². The minimum atomic E-state index is -0.689. The van der Waals surface area contributed by atoms with E-state index in [-0.39, 0.29) is 18.3 Å². The van der Waals surface area contributed by atoms with Crippen molar-refractivity contribution < 1.29 is 19.1 Å². The fourth-order valence-electron chi connectivity index (χ4n) is 3.19. The fourth-order valence-corrected chi connectivity index (χ4v) is 3.45. The number of likely N-dealkylation sites (N-methyl/N-ethyl adjacent to an activating group) is 1. The Balaban J connectivity index is 2.34. The Morgan fingerprint density at radius 2 is 1.75 bits per heavy atom. The Labute approximate surface area is 173 Å². The largest absolute Gasteiger partial charge is 0.461 e. The summed E-state index contributed by atoms with van der Waals surface area (Å²) < 4.78 is 7.66. The Bertz CT molecular complexity index is 915. The predicted molar refractivity (Wildman–Crippen MR) is 111 cm³/mol. The maximum absolute atomic E-state index is 13.2. The van der Waals surface area contributed by atoms with Crippen LogP contribution in [0.5, 0.6) is 0 Å². The Hall–Kier alpha value is -2.41. The van der Waals surface area contributed by atoms with E-state index in [1.54, 1.807) is 70.6 Å². The summed E-state index contributed by atoms with van der Waals surface area (Å²) in [4.78, 5) is 39.6. The van der Waals surface area contributed by atoms with Gasteiger partial charge in [-0.15, -0.1) is 0 Å². The molecule has 1 amide bonds. The van der Waals surface area contributed by atoms with Crippen LogP contribution in [-0.2, 0) is 11.8 Å². The van der Waals surface area contributed by atoms with Gasteiger partial charge in [0.25, 0.3) is 5.91 Å². The third-order valence-electron chi connectivity index (χ3n) is 5.02. The summed E-state index contributed by atoms with van der Waals surface area (Å²) in [5.74, 6) is -0.920. The number of nitrogens with zero attached hydrogens (tertiary/aromatic N) is 2. The third-order valence-corrected chi connectivity index (χ3v) is 5.55. The van der Waals surface area contributed by atoms with Crippen LogP contribution >= 0.6 is 15.9 Å². The number of carbonyl (C=O) groups is 3. The zero-order chi connectivity index (χ0) is 21.2. The molecule has 7 heteroatoms. The van der Waals surface area contributed by atoms with Gasteiger partial charge in [-0.1, -0.05) is 15.9 Å². The molecule has 0 spiro atoms. The molecule has 2 aromatic rings. The molecular formula is C21H25BrN2O4. The first-order chi connectivity index (χ1) is 13.1. The zero-order valence-electron chi connectivity index (χ0n) is 17.0. The molecule has 1 atom stereocenters. The van der Waals surface area contributed by atoms with Crippen LogP contribution in [0.4, 0.5) is 0 Å². The highest BCUT2D eigenvalue weighted by Gasteiger charge is 2.31. The van der Waals surface area contributed by atoms with Gasteiger partial charge in [0.05, 0.1) is 12.6 Å². The van der Waals surface area contributed by atoms with E-state index in [1.165, 1.54) is 4.90 Å². The van der Waals surface area contributed by atoms with Gasteiger partial charge in [-0.3, -0.25) is 9.59 Å². The quantitative estimate of drug-likeness (QED) is 0.495. The molecule has 0 N–H and O–H groups in total. The van der Waals surface area contributed by atoms with E-state index in [0.29, 0.717) is 28.1 Å². The van der Waals surface area contributed by atoms with Gasteiger partial charge in [0.1, 0.15) is 5.69 Å². The average molecular weight is 449 g/mol. The molecule has 1 unspecified atom stereocenters. The molecule has 0 aliphatic heterocycles. The molecule has 0 bridgehead atoms. The Kier molecular flexibility index (Phi) is 6.82. The van der Waals surface area contributed by atoms with Crippen molar-refractivity contribution in [2.75, 3.05) is 13.7 Å². The normalized spacial score (nSPS) is 11.8. The van der Waals surface area contributed by atoms with E-state index in [0.717, 1.165) is 4.47 Å². The molecule has 0 aliphatic rings. The summed E-state index contributed by atoms with van der Waals surface area (Å²) in [6.45, 7) is 7.20. The molecule has 28 heavy (non-hydrogen) atoms. The second-order valence-corrected chi connectivity index (χ2v) is 7.59. The summed E-state index contributed by atoms with van der Waals surface area (Å²) in [6.07, 6.45) is 0. The minimum absolute atomic E-state index is 0.214. The Morgan fingerprint density at radius 1 is 1.18 bits per heavy atom. The number of ketones is 1. The highest BCUT2D eigenvalue weighted by Crippen LogP contribution is 2.25. The van der Waals surface area contributed by atoms with E-state index in [9.17, 15) is 14.4 Å². The number of esters is 1. The van der Waals surface area contributed by atoms with E-state index in [2.05, 4.69) is 15.9 Å². The van der Waals surface area contributed by atoms with Gasteiger partial charge in [0, 0.05) is 35.4 Å². The molecule has 6 nitrogen and oxygen atoms in total. The zero-order valence-corrected chi connectivity index (χ0v) is 18.6. The molecule has 1 heterocycles. The number of carbonyl (C=O) groups excluding carboxylic acids is 3. The number of ether oxygens (including phenoxy) is 1. The number of hydrogen-bond donors (Lipinski definition) is 0. The smallest absolute Gasteiger partial charge is 0.355 e. The standard InChI is InChI=1S/C21H25BrN2O4/c1-7-28-21(27)18-12(2)17(13(3)23(18)5)19(25)14(4)24(6)20(26)15-8-10-16(22)11-9-15/h8-11,14H,7H2,1-6H3. The van der Waals surface area contributed by atoms with Crippen LogP contribution in [0, 0.1) is 13.8 Å². The van der Waals surface area contributed by atoms with Crippen molar-refractivity contribution in [3.63, 3.8) is 0 Å². The van der Waals surface area contributed by atoms with Crippen molar-refractivity contribution >= 4 is 33.6 Å². The maximum Gasteiger partial charge on any atom is 0.355 e. The van der Waals surface area contributed by atoms with Crippen LogP contribution in [0.25, 0.3) is 0 Å². The summed E-state index contributed by atoms with van der Waals surface area (Å²) in [5, 5.41) is 0. The van der Waals surface area contributed by atoms with Crippen molar-refractivity contribution in [1.82, 2.24) is 9.47 Å². The van der Waals surface area contributed by atoms with Gasteiger partial charge >= 0.3 is 5.97 Å². The lowest BCUT2D eigenvalue weighted by Crippen LogP contribution is -2.40. The molecule has 150 valence electrons. The highest BCUT2D eigenvalue weighted by molar-refractivity contribution is 9.10. The first-order valence-electron chi connectivity index (χ1n) is 9.01. The second kappa shape index (κ2) is 8.73. The van der Waals surface area contributed by atoms with Gasteiger partial charge in [0.15, 0.2) is 5.78 Å². The molecule has 0 aliphatic carbocycles. The fraction of sp³-hybridized carbons (Fsp3) is 0.381. The van der Waals surface area contributed by atoms with Crippen molar-refractivity contribution in [3.8, 4) is 0 Å². The van der Waals surface area contributed by atoms with Crippen molar-refractivity contribution in [3.05, 3.63) is 56.8 Å². The van der Waals surface area contributed by atoms with Crippen molar-refractivity contribution in [2.24, 2.45) is 7.05 Å². The van der Waals surface area contributed by atoms with E-state index in [1.807, 2.05) is 0 Å². The van der Waals surface area contributed by atoms with Gasteiger partial charge in [-0.2, -0.15) is 0 Å². The number of rotatable bonds is 6. The van der Waals surface area contributed by atoms with E-state index < -0.39 is 12.0 Å². The van der Waals surface area contributed by atoms with Crippen LogP contribution in [0.15, 0.2) is 28.7 Å².